The maximum atomic E-state index is 14.5. The quantitative estimate of drug-likeness (QED) is 0.766. The molecule has 0 spiro atoms. The monoisotopic (exact) mass is 339 g/mol. The molecule has 5 nitrogen and oxygen atoms in total. The van der Waals surface area contributed by atoms with Gasteiger partial charge in [0.25, 0.3) is 0 Å². The number of nitrogens with zero attached hydrogens (tertiary/aromatic N) is 1. The highest BCUT2D eigenvalue weighted by molar-refractivity contribution is 5.91. The molecule has 1 aliphatic rings. The van der Waals surface area contributed by atoms with Crippen LogP contribution in [0.15, 0.2) is 40.8 Å². The van der Waals surface area contributed by atoms with Crippen LogP contribution >= 0.6 is 0 Å². The van der Waals surface area contributed by atoms with Crippen LogP contribution in [0.3, 0.4) is 0 Å². The van der Waals surface area contributed by atoms with Gasteiger partial charge in [0.15, 0.2) is 11.5 Å². The molecule has 0 aliphatic carbocycles. The summed E-state index contributed by atoms with van der Waals surface area (Å²) >= 11 is 0. The van der Waals surface area contributed by atoms with Crippen molar-refractivity contribution in [3.63, 3.8) is 0 Å². The largest absolute Gasteiger partial charge is 0.441 e. The fraction of sp³-hybridized carbons (Fsp3) is 0.263. The minimum absolute atomic E-state index is 0.185. The topological polar surface area (TPSA) is 67.2 Å². The molecule has 0 bridgehead atoms. The third kappa shape index (κ3) is 3.25. The van der Waals surface area contributed by atoms with E-state index in [2.05, 4.69) is 15.6 Å². The van der Waals surface area contributed by atoms with E-state index in [9.17, 15) is 9.18 Å². The Bertz CT molecular complexity index is 903. The molecule has 3 aromatic rings. The number of benzene rings is 2. The molecule has 2 N–H and O–H groups in total. The molecule has 0 radical (unpaired) electrons. The number of hydrogen-bond acceptors (Lipinski definition) is 4. The highest BCUT2D eigenvalue weighted by atomic mass is 19.1. The van der Waals surface area contributed by atoms with Crippen LogP contribution in [0.5, 0.6) is 0 Å². The summed E-state index contributed by atoms with van der Waals surface area (Å²) in [5.41, 5.74) is 3.35. The number of anilines is 1. The first-order chi connectivity index (χ1) is 12.2. The number of amides is 1. The van der Waals surface area contributed by atoms with Crippen molar-refractivity contribution >= 4 is 22.7 Å². The first-order valence-corrected chi connectivity index (χ1v) is 8.36. The minimum Gasteiger partial charge on any atom is -0.441 e. The van der Waals surface area contributed by atoms with Crippen molar-refractivity contribution in [2.24, 2.45) is 0 Å². The molecule has 6 heteroatoms. The molecule has 4 rings (SSSR count). The summed E-state index contributed by atoms with van der Waals surface area (Å²) in [6.07, 6.45) is 1.19. The Labute approximate surface area is 144 Å². The number of hydrogen-bond donors (Lipinski definition) is 2. The number of aryl methyl sites for hydroxylation is 1. The zero-order chi connectivity index (χ0) is 17.2. The van der Waals surface area contributed by atoms with Crippen LogP contribution in [-0.2, 0) is 24.2 Å². The van der Waals surface area contributed by atoms with Crippen LogP contribution in [0.1, 0.15) is 23.4 Å². The zero-order valence-electron chi connectivity index (χ0n) is 13.6. The first kappa shape index (κ1) is 15.8. The fourth-order valence-electron chi connectivity index (χ4n) is 3.09. The van der Waals surface area contributed by atoms with Gasteiger partial charge in [-0.25, -0.2) is 9.37 Å². The van der Waals surface area contributed by atoms with Gasteiger partial charge < -0.3 is 15.1 Å². The van der Waals surface area contributed by atoms with Crippen molar-refractivity contribution in [3.8, 4) is 0 Å². The number of aromatic nitrogens is 1. The second-order valence-corrected chi connectivity index (χ2v) is 6.12. The lowest BCUT2D eigenvalue weighted by atomic mass is 9.99. The number of nitrogens with one attached hydrogen (secondary N) is 2. The summed E-state index contributed by atoms with van der Waals surface area (Å²) in [7, 11) is 0. The summed E-state index contributed by atoms with van der Waals surface area (Å²) in [6, 6.07) is 10.9. The summed E-state index contributed by atoms with van der Waals surface area (Å²) in [4.78, 5) is 16.5. The Morgan fingerprint density at radius 1 is 1.28 bits per heavy atom. The van der Waals surface area contributed by atoms with E-state index in [1.807, 2.05) is 30.3 Å². The molecule has 1 amide bonds. The number of para-hydroxylation sites is 2. The maximum Gasteiger partial charge on any atom is 0.224 e. The molecular formula is C19H18FN3O2. The number of oxazole rings is 1. The van der Waals surface area contributed by atoms with Gasteiger partial charge in [0.05, 0.1) is 5.69 Å². The molecule has 0 saturated carbocycles. The molecule has 1 aromatic heterocycles. The Morgan fingerprint density at radius 3 is 3.04 bits per heavy atom. The van der Waals surface area contributed by atoms with Crippen LogP contribution in [0.4, 0.5) is 10.1 Å². The molecule has 0 fully saturated rings. The van der Waals surface area contributed by atoms with E-state index < -0.39 is 0 Å². The summed E-state index contributed by atoms with van der Waals surface area (Å²) in [5, 5.41) is 5.87. The van der Waals surface area contributed by atoms with Gasteiger partial charge in [0, 0.05) is 19.4 Å². The van der Waals surface area contributed by atoms with Gasteiger partial charge in [0.2, 0.25) is 5.91 Å². The second-order valence-electron chi connectivity index (χ2n) is 6.12. The fourth-order valence-corrected chi connectivity index (χ4v) is 3.09. The van der Waals surface area contributed by atoms with Gasteiger partial charge in [-0.15, -0.1) is 0 Å². The van der Waals surface area contributed by atoms with Crippen LogP contribution in [0.25, 0.3) is 11.1 Å². The number of fused-ring (bicyclic) bond motifs is 2. The predicted octanol–water partition coefficient (Wildman–Crippen LogP) is 3.18. The van der Waals surface area contributed by atoms with E-state index in [1.54, 1.807) is 6.07 Å². The number of halogens is 1. The summed E-state index contributed by atoms with van der Waals surface area (Å²) in [5.74, 6) is -0.0717. The van der Waals surface area contributed by atoms with Gasteiger partial charge >= 0.3 is 0 Å². The van der Waals surface area contributed by atoms with Crippen molar-refractivity contribution < 1.29 is 13.6 Å². The lowest BCUT2D eigenvalue weighted by molar-refractivity contribution is -0.116. The van der Waals surface area contributed by atoms with E-state index in [1.165, 1.54) is 0 Å². The lowest BCUT2D eigenvalue weighted by Crippen LogP contribution is -2.25. The van der Waals surface area contributed by atoms with Gasteiger partial charge in [-0.3, -0.25) is 4.79 Å². The van der Waals surface area contributed by atoms with Crippen LogP contribution in [0.2, 0.25) is 0 Å². The average molecular weight is 339 g/mol. The molecule has 2 aromatic carbocycles. The van der Waals surface area contributed by atoms with E-state index >= 15 is 0 Å². The molecule has 0 unspecified atom stereocenters. The zero-order valence-corrected chi connectivity index (χ0v) is 13.6. The average Bonchev–Trinajstić information content (AvgIpc) is 3.06. The Hall–Kier alpha value is -2.73. The van der Waals surface area contributed by atoms with Crippen molar-refractivity contribution in [3.05, 3.63) is 59.2 Å². The van der Waals surface area contributed by atoms with Crippen molar-refractivity contribution in [2.45, 2.75) is 25.8 Å². The van der Waals surface area contributed by atoms with Gasteiger partial charge in [-0.05, 0) is 42.3 Å². The van der Waals surface area contributed by atoms with Crippen LogP contribution in [0, 0.1) is 5.82 Å². The molecule has 25 heavy (non-hydrogen) atoms. The van der Waals surface area contributed by atoms with E-state index in [0.29, 0.717) is 36.4 Å². The summed E-state index contributed by atoms with van der Waals surface area (Å²) < 4.78 is 20.1. The lowest BCUT2D eigenvalue weighted by Gasteiger charge is -2.19. The van der Waals surface area contributed by atoms with Crippen LogP contribution in [-0.4, -0.2) is 17.4 Å². The van der Waals surface area contributed by atoms with Crippen LogP contribution < -0.4 is 10.6 Å². The number of carbonyl (C=O) groups excluding carboxylic acids is 1. The number of rotatable bonds is 4. The molecule has 0 saturated heterocycles. The normalized spacial score (nSPS) is 13.6. The minimum atomic E-state index is -0.325. The molecule has 128 valence electrons. The highest BCUT2D eigenvalue weighted by Crippen LogP contribution is 2.24. The predicted molar refractivity (Wildman–Crippen MR) is 92.8 cm³/mol. The molecule has 2 heterocycles. The van der Waals surface area contributed by atoms with Crippen molar-refractivity contribution in [1.29, 1.82) is 0 Å². The number of carbonyl (C=O) groups is 1. The molecular weight excluding hydrogens is 321 g/mol. The third-order valence-electron chi connectivity index (χ3n) is 4.39. The smallest absolute Gasteiger partial charge is 0.224 e. The van der Waals surface area contributed by atoms with E-state index in [0.717, 1.165) is 17.6 Å². The maximum absolute atomic E-state index is 14.5. The second kappa shape index (κ2) is 6.64. The first-order valence-electron chi connectivity index (χ1n) is 8.36. The van der Waals surface area contributed by atoms with E-state index in [4.69, 9.17) is 4.42 Å². The van der Waals surface area contributed by atoms with Gasteiger partial charge in [-0.2, -0.15) is 0 Å². The van der Waals surface area contributed by atoms with Crippen molar-refractivity contribution in [2.75, 3.05) is 11.9 Å². The van der Waals surface area contributed by atoms with E-state index in [-0.39, 0.29) is 23.8 Å². The SMILES string of the molecule is O=C(CCc1nc2ccccc2o1)Nc1ccc2c(c1F)CCNC2. The third-order valence-corrected chi connectivity index (χ3v) is 4.39. The molecule has 0 atom stereocenters. The van der Waals surface area contributed by atoms with Gasteiger partial charge in [-0.1, -0.05) is 18.2 Å². The molecule has 1 aliphatic heterocycles. The standard InChI is InChI=1S/C19H18FN3O2/c20-19-13-9-10-21-11-12(13)5-6-15(19)22-17(24)7-8-18-23-14-3-1-2-4-16(14)25-18/h1-6,21H,7-11H2,(H,22,24). The van der Waals surface area contributed by atoms with Crippen molar-refractivity contribution in [1.82, 2.24) is 10.3 Å². The Balaban J connectivity index is 1.42. The summed E-state index contributed by atoms with van der Waals surface area (Å²) in [6.45, 7) is 1.41. The Kier molecular flexibility index (Phi) is 4.19. The highest BCUT2D eigenvalue weighted by Gasteiger charge is 2.17. The Morgan fingerprint density at radius 2 is 2.16 bits per heavy atom. The van der Waals surface area contributed by atoms with Gasteiger partial charge in [0.1, 0.15) is 11.3 Å².